The number of rotatable bonds is 5. The number of aromatic nitrogens is 5. The molecule has 0 spiro atoms. The minimum absolute atomic E-state index is 0.180. The van der Waals surface area contributed by atoms with E-state index in [1.807, 2.05) is 27.9 Å². The Morgan fingerprint density at radius 3 is 3.12 bits per heavy atom. The van der Waals surface area contributed by atoms with Gasteiger partial charge in [-0.1, -0.05) is 5.21 Å². The van der Waals surface area contributed by atoms with Crippen LogP contribution in [0.5, 0.6) is 0 Å². The Kier molecular flexibility index (Phi) is 3.72. The number of carbonyl (C=O) groups is 1. The van der Waals surface area contributed by atoms with E-state index >= 15 is 0 Å². The van der Waals surface area contributed by atoms with Crippen molar-refractivity contribution in [2.75, 3.05) is 6.54 Å². The van der Waals surface area contributed by atoms with Crippen molar-refractivity contribution in [3.63, 3.8) is 0 Å². The van der Waals surface area contributed by atoms with Crippen molar-refractivity contribution in [2.45, 2.75) is 50.6 Å². The fraction of sp³-hybridized carbons (Fsp3) is 0.474. The molecule has 3 aromatic rings. The molecule has 0 unspecified atom stereocenters. The number of carbonyl (C=O) groups excluding carboxylic acids is 1. The highest BCUT2D eigenvalue weighted by atomic mass is 16.2. The number of H-pyrrole nitrogens is 1. The van der Waals surface area contributed by atoms with E-state index in [2.05, 4.69) is 26.5 Å². The van der Waals surface area contributed by atoms with E-state index in [-0.39, 0.29) is 11.9 Å². The molecular weight excluding hydrogens is 328 g/mol. The van der Waals surface area contributed by atoms with Crippen LogP contribution in [0.15, 0.2) is 30.7 Å². The van der Waals surface area contributed by atoms with E-state index in [0.717, 1.165) is 48.2 Å². The van der Waals surface area contributed by atoms with E-state index in [0.29, 0.717) is 12.3 Å². The van der Waals surface area contributed by atoms with Crippen LogP contribution in [0.4, 0.5) is 0 Å². The zero-order valence-electron chi connectivity index (χ0n) is 14.6. The van der Waals surface area contributed by atoms with Crippen LogP contribution in [-0.4, -0.2) is 48.4 Å². The number of hydrogen-bond donors (Lipinski definition) is 1. The summed E-state index contributed by atoms with van der Waals surface area (Å²) in [4.78, 5) is 22.4. The minimum Gasteiger partial charge on any atom is -0.346 e. The molecule has 134 valence electrons. The third-order valence-electron chi connectivity index (χ3n) is 5.53. The van der Waals surface area contributed by atoms with Gasteiger partial charge >= 0.3 is 0 Å². The van der Waals surface area contributed by atoms with Crippen molar-refractivity contribution in [2.24, 2.45) is 0 Å². The summed E-state index contributed by atoms with van der Waals surface area (Å²) in [5, 5.41) is 9.58. The molecule has 3 aromatic heterocycles. The van der Waals surface area contributed by atoms with Crippen LogP contribution < -0.4 is 0 Å². The standard InChI is InChI=1S/C19H22N6O/c26-18(9-14-10-21-19-16(14)4-1-7-20-19)25-8-2-3-15(25)11-24-12-17(22-23-24)13-5-6-13/h1,4,7,10,12-13,15H,2-3,5-6,8-9,11H2,(H,20,21)/t15-/m0/s1. The number of fused-ring (bicyclic) bond motifs is 1. The second kappa shape index (κ2) is 6.23. The van der Waals surface area contributed by atoms with Crippen LogP contribution in [0.2, 0.25) is 0 Å². The van der Waals surface area contributed by atoms with Crippen molar-refractivity contribution in [3.05, 3.63) is 42.0 Å². The van der Waals surface area contributed by atoms with Crippen LogP contribution in [0.1, 0.15) is 42.9 Å². The Hall–Kier alpha value is -2.70. The maximum atomic E-state index is 12.9. The molecule has 26 heavy (non-hydrogen) atoms. The fourth-order valence-corrected chi connectivity index (χ4v) is 3.96. The summed E-state index contributed by atoms with van der Waals surface area (Å²) in [6.45, 7) is 1.56. The van der Waals surface area contributed by atoms with Crippen molar-refractivity contribution in [3.8, 4) is 0 Å². The van der Waals surface area contributed by atoms with E-state index in [9.17, 15) is 4.79 Å². The molecule has 0 aromatic carbocycles. The first-order chi connectivity index (χ1) is 12.8. The first kappa shape index (κ1) is 15.5. The van der Waals surface area contributed by atoms with Gasteiger partial charge in [-0.2, -0.15) is 0 Å². The van der Waals surface area contributed by atoms with Gasteiger partial charge in [0.25, 0.3) is 0 Å². The molecule has 0 bridgehead atoms. The predicted octanol–water partition coefficient (Wildman–Crippen LogP) is 2.27. The highest BCUT2D eigenvalue weighted by Crippen LogP contribution is 2.38. The maximum Gasteiger partial charge on any atom is 0.227 e. The Bertz CT molecular complexity index is 940. The molecule has 7 heteroatoms. The molecule has 1 saturated carbocycles. The Morgan fingerprint density at radius 2 is 2.23 bits per heavy atom. The number of pyridine rings is 1. The molecule has 7 nitrogen and oxygen atoms in total. The number of amides is 1. The van der Waals surface area contributed by atoms with Crippen LogP contribution in [-0.2, 0) is 17.8 Å². The summed E-state index contributed by atoms with van der Waals surface area (Å²) in [5.41, 5.74) is 2.95. The van der Waals surface area contributed by atoms with E-state index in [4.69, 9.17) is 0 Å². The van der Waals surface area contributed by atoms with Gasteiger partial charge in [0, 0.05) is 36.4 Å². The quantitative estimate of drug-likeness (QED) is 0.765. The van der Waals surface area contributed by atoms with Gasteiger partial charge in [0.1, 0.15) is 5.65 Å². The van der Waals surface area contributed by atoms with E-state index in [1.54, 1.807) is 6.20 Å². The SMILES string of the molecule is O=C(Cc1c[nH]c2ncccc12)N1CCC[C@H]1Cn1cc(C2CC2)nn1. The highest BCUT2D eigenvalue weighted by Gasteiger charge is 2.31. The molecule has 1 aliphatic carbocycles. The molecule has 1 atom stereocenters. The Labute approximate surface area is 151 Å². The summed E-state index contributed by atoms with van der Waals surface area (Å²) < 4.78 is 1.92. The molecular formula is C19H22N6O. The van der Waals surface area contributed by atoms with Gasteiger partial charge in [0.15, 0.2) is 0 Å². The average Bonchev–Trinajstić information content (AvgIpc) is 3.06. The zero-order chi connectivity index (χ0) is 17.5. The van der Waals surface area contributed by atoms with Crippen LogP contribution in [0.3, 0.4) is 0 Å². The normalized spacial score (nSPS) is 20.2. The molecule has 5 rings (SSSR count). The lowest BCUT2D eigenvalue weighted by Crippen LogP contribution is -2.39. The third-order valence-corrected chi connectivity index (χ3v) is 5.53. The summed E-state index contributed by atoms with van der Waals surface area (Å²) in [7, 11) is 0. The third kappa shape index (κ3) is 2.87. The molecule has 1 amide bonds. The van der Waals surface area contributed by atoms with Crippen molar-refractivity contribution < 1.29 is 4.79 Å². The van der Waals surface area contributed by atoms with E-state index < -0.39 is 0 Å². The van der Waals surface area contributed by atoms with Gasteiger partial charge in [-0.25, -0.2) is 4.98 Å². The van der Waals surface area contributed by atoms with E-state index in [1.165, 1.54) is 12.8 Å². The Balaban J connectivity index is 1.29. The van der Waals surface area contributed by atoms with Crippen molar-refractivity contribution >= 4 is 16.9 Å². The van der Waals surface area contributed by atoms with Crippen LogP contribution in [0, 0.1) is 0 Å². The predicted molar refractivity (Wildman–Crippen MR) is 96.5 cm³/mol. The van der Waals surface area contributed by atoms with Gasteiger partial charge in [-0.15, -0.1) is 5.10 Å². The minimum atomic E-state index is 0.180. The summed E-state index contributed by atoms with van der Waals surface area (Å²) in [5.74, 6) is 0.792. The molecule has 2 fully saturated rings. The van der Waals surface area contributed by atoms with Crippen molar-refractivity contribution in [1.82, 2.24) is 29.9 Å². The smallest absolute Gasteiger partial charge is 0.227 e. The monoisotopic (exact) mass is 350 g/mol. The molecule has 1 N–H and O–H groups in total. The molecule has 0 radical (unpaired) electrons. The molecule has 2 aliphatic rings. The molecule has 1 saturated heterocycles. The van der Waals surface area contributed by atoms with Gasteiger partial charge in [0.2, 0.25) is 5.91 Å². The fourth-order valence-electron chi connectivity index (χ4n) is 3.96. The summed E-state index contributed by atoms with van der Waals surface area (Å²) in [6.07, 6.45) is 10.7. The lowest BCUT2D eigenvalue weighted by Gasteiger charge is -2.24. The second-order valence-electron chi connectivity index (χ2n) is 7.41. The number of nitrogens with one attached hydrogen (secondary N) is 1. The molecule has 1 aliphatic heterocycles. The molecule has 4 heterocycles. The lowest BCUT2D eigenvalue weighted by molar-refractivity contribution is -0.131. The van der Waals surface area contributed by atoms with Gasteiger partial charge in [0.05, 0.1) is 24.7 Å². The van der Waals surface area contributed by atoms with Crippen molar-refractivity contribution in [1.29, 1.82) is 0 Å². The number of hydrogen-bond acceptors (Lipinski definition) is 4. The van der Waals surface area contributed by atoms with Gasteiger partial charge in [-0.05, 0) is 43.4 Å². The second-order valence-corrected chi connectivity index (χ2v) is 7.41. The lowest BCUT2D eigenvalue weighted by atomic mass is 10.1. The Morgan fingerprint density at radius 1 is 1.31 bits per heavy atom. The maximum absolute atomic E-state index is 12.9. The average molecular weight is 350 g/mol. The van der Waals surface area contributed by atoms with Gasteiger partial charge < -0.3 is 9.88 Å². The first-order valence-electron chi connectivity index (χ1n) is 9.38. The topological polar surface area (TPSA) is 79.7 Å². The van der Waals surface area contributed by atoms with Gasteiger partial charge in [-0.3, -0.25) is 9.48 Å². The van der Waals surface area contributed by atoms with Crippen LogP contribution >= 0.6 is 0 Å². The number of likely N-dealkylation sites (tertiary alicyclic amines) is 1. The number of nitrogens with zero attached hydrogens (tertiary/aromatic N) is 5. The highest BCUT2D eigenvalue weighted by molar-refractivity contribution is 5.87. The van der Waals surface area contributed by atoms with Crippen LogP contribution in [0.25, 0.3) is 11.0 Å². The number of aromatic amines is 1. The zero-order valence-corrected chi connectivity index (χ0v) is 14.6. The first-order valence-corrected chi connectivity index (χ1v) is 9.38. The summed E-state index contributed by atoms with van der Waals surface area (Å²) in [6, 6.07) is 4.13. The largest absolute Gasteiger partial charge is 0.346 e. The summed E-state index contributed by atoms with van der Waals surface area (Å²) >= 11 is 0.